The number of halogens is 3. The van der Waals surface area contributed by atoms with Gasteiger partial charge >= 0.3 is 6.18 Å². The molecule has 8 heteroatoms. The van der Waals surface area contributed by atoms with E-state index in [1.165, 1.54) is 0 Å². The van der Waals surface area contributed by atoms with Gasteiger partial charge in [-0.05, 0) is 12.1 Å². The molecule has 0 amide bonds. The third-order valence-corrected chi connectivity index (χ3v) is 2.16. The van der Waals surface area contributed by atoms with E-state index in [0.29, 0.717) is 6.07 Å². The highest BCUT2D eigenvalue weighted by atomic mass is 19.4. The van der Waals surface area contributed by atoms with Crippen molar-refractivity contribution >= 4 is 11.4 Å². The Hall–Kier alpha value is -1.83. The molecule has 0 saturated heterocycles. The predicted octanol–water partition coefficient (Wildman–Crippen LogP) is 1.73. The lowest BCUT2D eigenvalue weighted by atomic mass is 10.0. The van der Waals surface area contributed by atoms with E-state index in [1.807, 2.05) is 0 Å². The van der Waals surface area contributed by atoms with E-state index < -0.39 is 40.9 Å². The van der Waals surface area contributed by atoms with Gasteiger partial charge in [0, 0.05) is 18.6 Å². The van der Waals surface area contributed by atoms with Crippen LogP contribution in [0.3, 0.4) is 0 Å². The van der Waals surface area contributed by atoms with Gasteiger partial charge in [-0.1, -0.05) is 0 Å². The number of alkyl halides is 3. The van der Waals surface area contributed by atoms with Gasteiger partial charge in [-0.3, -0.25) is 10.1 Å². The fraction of sp³-hybridized carbons (Fsp3) is 0.333. The molecule has 5 nitrogen and oxygen atoms in total. The highest BCUT2D eigenvalue weighted by molar-refractivity contribution is 5.65. The van der Waals surface area contributed by atoms with Crippen LogP contribution < -0.4 is 5.73 Å². The second kappa shape index (κ2) is 4.58. The molecule has 1 aromatic rings. The van der Waals surface area contributed by atoms with Gasteiger partial charge in [0.25, 0.3) is 5.69 Å². The van der Waals surface area contributed by atoms with Gasteiger partial charge < -0.3 is 10.8 Å². The van der Waals surface area contributed by atoms with Crippen LogP contribution in [0.1, 0.15) is 11.1 Å². The van der Waals surface area contributed by atoms with Crippen LogP contribution in [0.2, 0.25) is 0 Å². The maximum atomic E-state index is 12.6. The number of aliphatic hydroxyl groups excluding tert-OH is 1. The Morgan fingerprint density at radius 2 is 2.00 bits per heavy atom. The Balaban J connectivity index is 3.53. The van der Waals surface area contributed by atoms with E-state index in [9.17, 15) is 23.3 Å². The summed E-state index contributed by atoms with van der Waals surface area (Å²) >= 11 is 0. The third-order valence-electron chi connectivity index (χ3n) is 2.16. The van der Waals surface area contributed by atoms with Crippen molar-refractivity contribution in [2.45, 2.75) is 12.6 Å². The first-order valence-electron chi connectivity index (χ1n) is 4.52. The molecular formula is C9H9F3N2O3. The fourth-order valence-corrected chi connectivity index (χ4v) is 1.50. The van der Waals surface area contributed by atoms with Crippen molar-refractivity contribution < 1.29 is 23.2 Å². The lowest BCUT2D eigenvalue weighted by Crippen LogP contribution is -2.13. The minimum absolute atomic E-state index is 0.355. The molecule has 94 valence electrons. The molecule has 1 rings (SSSR count). The van der Waals surface area contributed by atoms with Crippen LogP contribution in [0.25, 0.3) is 0 Å². The molecule has 0 fully saturated rings. The van der Waals surface area contributed by atoms with E-state index in [2.05, 4.69) is 0 Å². The number of anilines is 1. The zero-order chi connectivity index (χ0) is 13.2. The van der Waals surface area contributed by atoms with Crippen LogP contribution in [0.5, 0.6) is 0 Å². The highest BCUT2D eigenvalue weighted by Gasteiger charge is 2.37. The molecule has 0 aliphatic rings. The number of aliphatic hydroxyl groups is 1. The maximum Gasteiger partial charge on any atom is 0.416 e. The highest BCUT2D eigenvalue weighted by Crippen LogP contribution is 2.38. The van der Waals surface area contributed by atoms with Gasteiger partial charge in [0.05, 0.1) is 10.5 Å². The topological polar surface area (TPSA) is 89.4 Å². The number of nitro groups is 1. The van der Waals surface area contributed by atoms with Crippen LogP contribution in [-0.4, -0.2) is 16.6 Å². The van der Waals surface area contributed by atoms with Crippen molar-refractivity contribution in [2.75, 3.05) is 12.3 Å². The molecule has 0 spiro atoms. The van der Waals surface area contributed by atoms with Gasteiger partial charge in [-0.15, -0.1) is 0 Å². The van der Waals surface area contributed by atoms with Crippen molar-refractivity contribution in [1.82, 2.24) is 0 Å². The van der Waals surface area contributed by atoms with Crippen molar-refractivity contribution in [3.63, 3.8) is 0 Å². The third kappa shape index (κ3) is 2.64. The van der Waals surface area contributed by atoms with Gasteiger partial charge in [0.15, 0.2) is 0 Å². The molecule has 0 aliphatic carbocycles. The molecule has 0 aliphatic heterocycles. The minimum Gasteiger partial charge on any atom is -0.396 e. The molecule has 0 atom stereocenters. The summed E-state index contributed by atoms with van der Waals surface area (Å²) < 4.78 is 37.8. The smallest absolute Gasteiger partial charge is 0.396 e. The van der Waals surface area contributed by atoms with Gasteiger partial charge in [0.1, 0.15) is 5.69 Å². The average molecular weight is 250 g/mol. The normalized spacial score (nSPS) is 11.5. The van der Waals surface area contributed by atoms with E-state index in [1.54, 1.807) is 0 Å². The summed E-state index contributed by atoms with van der Waals surface area (Å²) in [5.41, 5.74) is 2.38. The summed E-state index contributed by atoms with van der Waals surface area (Å²) in [6.45, 7) is -0.632. The Labute approximate surface area is 93.8 Å². The molecule has 1 aromatic carbocycles. The van der Waals surface area contributed by atoms with E-state index in [-0.39, 0.29) is 5.69 Å². The van der Waals surface area contributed by atoms with Crippen molar-refractivity contribution in [2.24, 2.45) is 0 Å². The number of nitro benzene ring substituents is 1. The minimum atomic E-state index is -4.72. The van der Waals surface area contributed by atoms with Crippen molar-refractivity contribution in [3.8, 4) is 0 Å². The molecular weight excluding hydrogens is 241 g/mol. The largest absolute Gasteiger partial charge is 0.416 e. The first-order valence-corrected chi connectivity index (χ1v) is 4.52. The molecule has 3 N–H and O–H groups in total. The number of nitrogen functional groups attached to an aromatic ring is 1. The number of nitrogens with two attached hydrogens (primary N) is 1. The van der Waals surface area contributed by atoms with Crippen LogP contribution in [0.4, 0.5) is 24.5 Å². The van der Waals surface area contributed by atoms with Crippen molar-refractivity contribution in [1.29, 1.82) is 0 Å². The van der Waals surface area contributed by atoms with Gasteiger partial charge in [-0.2, -0.15) is 13.2 Å². The zero-order valence-electron chi connectivity index (χ0n) is 8.49. The molecule has 17 heavy (non-hydrogen) atoms. The van der Waals surface area contributed by atoms with Crippen molar-refractivity contribution in [3.05, 3.63) is 33.4 Å². The molecule has 0 aromatic heterocycles. The predicted molar refractivity (Wildman–Crippen MR) is 53.3 cm³/mol. The van der Waals surface area contributed by atoms with Crippen LogP contribution in [0.15, 0.2) is 12.1 Å². The number of hydrogen-bond donors (Lipinski definition) is 2. The average Bonchev–Trinajstić information content (AvgIpc) is 2.15. The quantitative estimate of drug-likeness (QED) is 0.485. The molecule has 0 saturated carbocycles. The first-order chi connectivity index (χ1) is 7.79. The number of hydrogen-bond acceptors (Lipinski definition) is 4. The Bertz CT molecular complexity index is 446. The molecule has 0 radical (unpaired) electrons. The fourth-order valence-electron chi connectivity index (χ4n) is 1.50. The SMILES string of the molecule is Nc1ccc(C(F)(F)F)c(CCO)c1[N+](=O)[O-]. The second-order valence-electron chi connectivity index (χ2n) is 3.26. The summed E-state index contributed by atoms with van der Waals surface area (Å²) in [5.74, 6) is 0. The van der Waals surface area contributed by atoms with Gasteiger partial charge in [0.2, 0.25) is 0 Å². The maximum absolute atomic E-state index is 12.6. The lowest BCUT2D eigenvalue weighted by Gasteiger charge is -2.13. The number of nitrogens with zero attached hydrogens (tertiary/aromatic N) is 1. The zero-order valence-corrected chi connectivity index (χ0v) is 8.49. The Morgan fingerprint density at radius 1 is 1.41 bits per heavy atom. The first kappa shape index (κ1) is 13.2. The summed E-state index contributed by atoms with van der Waals surface area (Å²) in [6, 6.07) is 1.51. The Morgan fingerprint density at radius 3 is 2.41 bits per heavy atom. The van der Waals surface area contributed by atoms with Crippen LogP contribution in [0, 0.1) is 10.1 Å². The molecule has 0 unspecified atom stereocenters. The molecule has 0 bridgehead atoms. The van der Waals surface area contributed by atoms with E-state index in [4.69, 9.17) is 10.8 Å². The van der Waals surface area contributed by atoms with Crippen LogP contribution >= 0.6 is 0 Å². The monoisotopic (exact) mass is 250 g/mol. The lowest BCUT2D eigenvalue weighted by molar-refractivity contribution is -0.384. The Kier molecular flexibility index (Phi) is 3.56. The summed E-state index contributed by atoms with van der Waals surface area (Å²) in [6.07, 6.45) is -5.20. The van der Waals surface area contributed by atoms with E-state index in [0.717, 1.165) is 6.07 Å². The van der Waals surface area contributed by atoms with Gasteiger partial charge in [-0.25, -0.2) is 0 Å². The standard InChI is InChI=1S/C9H9F3N2O3/c10-9(11,12)6-1-2-7(13)8(14(16)17)5(6)3-4-15/h1-2,15H,3-4,13H2. The van der Waals surface area contributed by atoms with Crippen LogP contribution in [-0.2, 0) is 12.6 Å². The summed E-state index contributed by atoms with van der Waals surface area (Å²) in [5, 5.41) is 19.3. The summed E-state index contributed by atoms with van der Waals surface area (Å²) in [4.78, 5) is 9.70. The summed E-state index contributed by atoms with van der Waals surface area (Å²) in [7, 11) is 0. The molecule has 0 heterocycles. The second-order valence-corrected chi connectivity index (χ2v) is 3.26. The number of benzene rings is 1. The van der Waals surface area contributed by atoms with E-state index >= 15 is 0 Å². The number of rotatable bonds is 3.